The van der Waals surface area contributed by atoms with E-state index in [2.05, 4.69) is 20.7 Å². The molecule has 2 rings (SSSR count). The van der Waals surface area contributed by atoms with Gasteiger partial charge in [0.2, 0.25) is 0 Å². The topological polar surface area (TPSA) is 38.7 Å². The Balaban J connectivity index is 2.12. The molecule has 2 aromatic rings. The quantitative estimate of drug-likeness (QED) is 0.861. The molecule has 0 spiro atoms. The molecule has 0 saturated carbocycles. The molecular weight excluding hydrogens is 353 g/mol. The first kappa shape index (κ1) is 15.7. The summed E-state index contributed by atoms with van der Waals surface area (Å²) in [7, 11) is 0. The Labute approximate surface area is 127 Å². The van der Waals surface area contributed by atoms with E-state index < -0.39 is 6.36 Å². The van der Waals surface area contributed by atoms with E-state index >= 15 is 0 Å². The first-order valence-electron chi connectivity index (χ1n) is 5.80. The van der Waals surface area contributed by atoms with Gasteiger partial charge in [0.05, 0.1) is 11.1 Å². The Kier molecular flexibility index (Phi) is 4.74. The fraction of sp³-hybridized carbons (Fsp3) is 0.143. The summed E-state index contributed by atoms with van der Waals surface area (Å²) in [5.41, 5.74) is 0.734. The first-order chi connectivity index (χ1) is 9.87. The van der Waals surface area contributed by atoms with E-state index in [-0.39, 0.29) is 16.8 Å². The van der Waals surface area contributed by atoms with Crippen LogP contribution in [0.25, 0.3) is 0 Å². The molecule has 0 aliphatic rings. The van der Waals surface area contributed by atoms with Crippen molar-refractivity contribution in [1.82, 2.24) is 0 Å². The first-order valence-corrected chi connectivity index (χ1v) is 6.59. The molecule has 0 bridgehead atoms. The van der Waals surface area contributed by atoms with Crippen molar-refractivity contribution in [2.24, 2.45) is 0 Å². The SMILES string of the molecule is OCc1ccc(Oc2ccc(OC(F)(F)F)c(Br)c2)cc1. The summed E-state index contributed by atoms with van der Waals surface area (Å²) in [6, 6.07) is 10.6. The molecule has 0 aliphatic carbocycles. The van der Waals surface area contributed by atoms with Crippen LogP contribution in [0.3, 0.4) is 0 Å². The second-order valence-corrected chi connectivity index (χ2v) is 4.90. The molecule has 0 amide bonds. The minimum absolute atomic E-state index is 0.0741. The van der Waals surface area contributed by atoms with Crippen LogP contribution < -0.4 is 9.47 Å². The summed E-state index contributed by atoms with van der Waals surface area (Å²) in [5, 5.41) is 8.93. The van der Waals surface area contributed by atoms with E-state index in [4.69, 9.17) is 9.84 Å². The highest BCUT2D eigenvalue weighted by molar-refractivity contribution is 9.10. The van der Waals surface area contributed by atoms with Crippen molar-refractivity contribution in [3.05, 3.63) is 52.5 Å². The smallest absolute Gasteiger partial charge is 0.457 e. The third-order valence-corrected chi connectivity index (χ3v) is 3.09. The average Bonchev–Trinajstić information content (AvgIpc) is 2.41. The molecule has 2 aromatic carbocycles. The van der Waals surface area contributed by atoms with Crippen LogP contribution >= 0.6 is 15.9 Å². The standard InChI is InChI=1S/C14H10BrF3O3/c15-12-7-11(5-6-13(12)21-14(16,17)18)20-10-3-1-9(8-19)2-4-10/h1-7,19H,8H2. The lowest BCUT2D eigenvalue weighted by atomic mass is 10.2. The van der Waals surface area contributed by atoms with Crippen LogP contribution in [0.15, 0.2) is 46.9 Å². The van der Waals surface area contributed by atoms with Crippen molar-refractivity contribution in [2.45, 2.75) is 13.0 Å². The van der Waals surface area contributed by atoms with Gasteiger partial charge in [-0.25, -0.2) is 0 Å². The van der Waals surface area contributed by atoms with Gasteiger partial charge in [-0.1, -0.05) is 12.1 Å². The molecule has 0 fully saturated rings. The van der Waals surface area contributed by atoms with Crippen LogP contribution in [-0.4, -0.2) is 11.5 Å². The Morgan fingerprint density at radius 2 is 1.62 bits per heavy atom. The van der Waals surface area contributed by atoms with Gasteiger partial charge in [-0.2, -0.15) is 0 Å². The number of ether oxygens (including phenoxy) is 2. The van der Waals surface area contributed by atoms with Gasteiger partial charge in [-0.15, -0.1) is 13.2 Å². The van der Waals surface area contributed by atoms with Gasteiger partial charge in [0, 0.05) is 0 Å². The summed E-state index contributed by atoms with van der Waals surface area (Å²) in [6.07, 6.45) is -4.75. The lowest BCUT2D eigenvalue weighted by Crippen LogP contribution is -2.17. The Morgan fingerprint density at radius 3 is 2.14 bits per heavy atom. The summed E-state index contributed by atoms with van der Waals surface area (Å²) in [4.78, 5) is 0. The highest BCUT2D eigenvalue weighted by Crippen LogP contribution is 2.34. The van der Waals surface area contributed by atoms with E-state index in [9.17, 15) is 13.2 Å². The molecule has 0 atom stereocenters. The monoisotopic (exact) mass is 362 g/mol. The number of rotatable bonds is 4. The fourth-order valence-corrected chi connectivity index (χ4v) is 1.99. The van der Waals surface area contributed by atoms with Crippen molar-refractivity contribution >= 4 is 15.9 Å². The van der Waals surface area contributed by atoms with Crippen LogP contribution in [0.4, 0.5) is 13.2 Å². The van der Waals surface area contributed by atoms with Crippen molar-refractivity contribution < 1.29 is 27.8 Å². The number of hydrogen-bond donors (Lipinski definition) is 1. The highest BCUT2D eigenvalue weighted by Gasteiger charge is 2.32. The summed E-state index contributed by atoms with van der Waals surface area (Å²) >= 11 is 3.00. The van der Waals surface area contributed by atoms with Gasteiger partial charge in [-0.3, -0.25) is 0 Å². The van der Waals surface area contributed by atoms with Crippen LogP contribution in [0.1, 0.15) is 5.56 Å². The van der Waals surface area contributed by atoms with Crippen LogP contribution in [0, 0.1) is 0 Å². The van der Waals surface area contributed by atoms with E-state index in [1.165, 1.54) is 12.1 Å². The fourth-order valence-electron chi connectivity index (χ4n) is 1.55. The summed E-state index contributed by atoms with van der Waals surface area (Å²) in [5.74, 6) is 0.516. The van der Waals surface area contributed by atoms with Crippen LogP contribution in [0.2, 0.25) is 0 Å². The minimum Gasteiger partial charge on any atom is -0.457 e. The lowest BCUT2D eigenvalue weighted by Gasteiger charge is -2.12. The zero-order valence-corrected chi connectivity index (χ0v) is 12.1. The Bertz CT molecular complexity index is 612. The number of alkyl halides is 3. The number of aliphatic hydroxyl groups excluding tert-OH is 1. The normalized spacial score (nSPS) is 11.3. The molecule has 3 nitrogen and oxygen atoms in total. The summed E-state index contributed by atoms with van der Waals surface area (Å²) in [6.45, 7) is -0.0741. The van der Waals surface area contributed by atoms with E-state index in [0.717, 1.165) is 11.6 Å². The van der Waals surface area contributed by atoms with Gasteiger partial charge in [-0.05, 0) is 51.8 Å². The molecule has 7 heteroatoms. The van der Waals surface area contributed by atoms with Gasteiger partial charge >= 0.3 is 6.36 Å². The van der Waals surface area contributed by atoms with E-state index in [0.29, 0.717) is 11.5 Å². The van der Waals surface area contributed by atoms with E-state index in [1.807, 2.05) is 0 Å². The molecule has 0 heterocycles. The average molecular weight is 363 g/mol. The molecule has 0 saturated heterocycles. The maximum Gasteiger partial charge on any atom is 0.573 e. The molecule has 1 N–H and O–H groups in total. The summed E-state index contributed by atoms with van der Waals surface area (Å²) < 4.78 is 45.9. The van der Waals surface area contributed by atoms with Gasteiger partial charge < -0.3 is 14.6 Å². The molecule has 21 heavy (non-hydrogen) atoms. The number of hydrogen-bond acceptors (Lipinski definition) is 3. The zero-order valence-electron chi connectivity index (χ0n) is 10.5. The number of aliphatic hydroxyl groups is 1. The van der Waals surface area contributed by atoms with Gasteiger partial charge in [0.25, 0.3) is 0 Å². The maximum atomic E-state index is 12.1. The molecule has 0 aliphatic heterocycles. The van der Waals surface area contributed by atoms with Gasteiger partial charge in [0.15, 0.2) is 0 Å². The molecule has 0 aromatic heterocycles. The molecule has 112 valence electrons. The Hall–Kier alpha value is -1.73. The Morgan fingerprint density at radius 1 is 1.00 bits per heavy atom. The third-order valence-electron chi connectivity index (χ3n) is 2.47. The maximum absolute atomic E-state index is 12.1. The molecule has 0 unspecified atom stereocenters. The predicted octanol–water partition coefficient (Wildman–Crippen LogP) is 4.63. The van der Waals surface area contributed by atoms with E-state index in [1.54, 1.807) is 24.3 Å². The molecular formula is C14H10BrF3O3. The van der Waals surface area contributed by atoms with Gasteiger partial charge in [0.1, 0.15) is 17.2 Å². The second-order valence-electron chi connectivity index (χ2n) is 4.04. The number of benzene rings is 2. The zero-order chi connectivity index (χ0) is 15.5. The van der Waals surface area contributed by atoms with Crippen molar-refractivity contribution in [1.29, 1.82) is 0 Å². The number of halogens is 4. The minimum atomic E-state index is -4.75. The van der Waals surface area contributed by atoms with Crippen molar-refractivity contribution in [3.8, 4) is 17.2 Å². The largest absolute Gasteiger partial charge is 0.573 e. The van der Waals surface area contributed by atoms with Crippen LogP contribution in [-0.2, 0) is 6.61 Å². The molecule has 0 radical (unpaired) electrons. The third kappa shape index (κ3) is 4.64. The lowest BCUT2D eigenvalue weighted by molar-refractivity contribution is -0.274. The second kappa shape index (κ2) is 6.36. The highest BCUT2D eigenvalue weighted by atomic mass is 79.9. The van der Waals surface area contributed by atoms with Crippen molar-refractivity contribution in [3.63, 3.8) is 0 Å². The predicted molar refractivity (Wildman–Crippen MR) is 73.3 cm³/mol. The van der Waals surface area contributed by atoms with Crippen molar-refractivity contribution in [2.75, 3.05) is 0 Å². The van der Waals surface area contributed by atoms with Crippen LogP contribution in [0.5, 0.6) is 17.2 Å².